The van der Waals surface area contributed by atoms with Gasteiger partial charge >= 0.3 is 5.97 Å². The SMILES string of the molecule is CCNC1(C(=O)O)CCC(N(C)CCOC(C)C)C1. The van der Waals surface area contributed by atoms with E-state index in [-0.39, 0.29) is 6.10 Å². The van der Waals surface area contributed by atoms with Crippen LogP contribution in [0.5, 0.6) is 0 Å². The number of carboxylic acids is 1. The van der Waals surface area contributed by atoms with Gasteiger partial charge in [0.2, 0.25) is 0 Å². The molecule has 0 spiro atoms. The predicted octanol–water partition coefficient (Wildman–Crippen LogP) is 1.33. The molecule has 1 saturated carbocycles. The van der Waals surface area contributed by atoms with Gasteiger partial charge in [-0.15, -0.1) is 0 Å². The van der Waals surface area contributed by atoms with Crippen LogP contribution >= 0.6 is 0 Å². The number of hydrogen-bond donors (Lipinski definition) is 2. The van der Waals surface area contributed by atoms with E-state index in [1.54, 1.807) is 0 Å². The minimum atomic E-state index is -0.730. The van der Waals surface area contributed by atoms with Crippen LogP contribution in [0.4, 0.5) is 0 Å². The third-order valence-electron chi connectivity index (χ3n) is 3.93. The molecule has 5 heteroatoms. The Balaban J connectivity index is 2.47. The maximum atomic E-state index is 11.5. The van der Waals surface area contributed by atoms with E-state index in [9.17, 15) is 9.90 Å². The van der Waals surface area contributed by atoms with Crippen molar-refractivity contribution < 1.29 is 14.6 Å². The molecule has 2 atom stereocenters. The molecule has 0 heterocycles. The lowest BCUT2D eigenvalue weighted by atomic mass is 9.97. The van der Waals surface area contributed by atoms with E-state index >= 15 is 0 Å². The average Bonchev–Trinajstić information content (AvgIpc) is 2.74. The summed E-state index contributed by atoms with van der Waals surface area (Å²) in [5.74, 6) is -0.719. The van der Waals surface area contributed by atoms with Gasteiger partial charge in [0.25, 0.3) is 0 Å². The molecule has 5 nitrogen and oxygen atoms in total. The van der Waals surface area contributed by atoms with Gasteiger partial charge in [0.15, 0.2) is 0 Å². The first-order valence-electron chi connectivity index (χ1n) is 7.21. The highest BCUT2D eigenvalue weighted by Crippen LogP contribution is 2.32. The van der Waals surface area contributed by atoms with Gasteiger partial charge in [0, 0.05) is 12.6 Å². The summed E-state index contributed by atoms with van der Waals surface area (Å²) < 4.78 is 5.55. The van der Waals surface area contributed by atoms with Crippen molar-refractivity contribution in [2.24, 2.45) is 0 Å². The van der Waals surface area contributed by atoms with Crippen LogP contribution < -0.4 is 5.32 Å². The fourth-order valence-corrected chi connectivity index (χ4v) is 2.78. The van der Waals surface area contributed by atoms with E-state index < -0.39 is 11.5 Å². The quantitative estimate of drug-likeness (QED) is 0.698. The third-order valence-corrected chi connectivity index (χ3v) is 3.93. The number of likely N-dealkylation sites (N-methyl/N-ethyl adjacent to an activating group) is 2. The average molecular weight is 272 g/mol. The van der Waals surface area contributed by atoms with E-state index in [2.05, 4.69) is 17.3 Å². The first-order valence-corrected chi connectivity index (χ1v) is 7.21. The van der Waals surface area contributed by atoms with Crippen molar-refractivity contribution in [3.63, 3.8) is 0 Å². The Morgan fingerprint density at radius 3 is 2.79 bits per heavy atom. The monoisotopic (exact) mass is 272 g/mol. The first-order chi connectivity index (χ1) is 8.91. The molecule has 2 N–H and O–H groups in total. The summed E-state index contributed by atoms with van der Waals surface area (Å²) in [6.45, 7) is 8.25. The van der Waals surface area contributed by atoms with Gasteiger partial charge in [-0.3, -0.25) is 4.79 Å². The summed E-state index contributed by atoms with van der Waals surface area (Å²) in [6.07, 6.45) is 2.55. The summed E-state index contributed by atoms with van der Waals surface area (Å²) in [4.78, 5) is 13.7. The zero-order chi connectivity index (χ0) is 14.5. The van der Waals surface area contributed by atoms with Crippen LogP contribution in [0.3, 0.4) is 0 Å². The van der Waals surface area contributed by atoms with E-state index in [0.717, 1.165) is 13.0 Å². The standard InChI is InChI=1S/C14H28N2O3/c1-5-15-14(13(17)18)7-6-12(10-14)16(4)8-9-19-11(2)3/h11-12,15H,5-10H2,1-4H3,(H,17,18). The largest absolute Gasteiger partial charge is 0.480 e. The smallest absolute Gasteiger partial charge is 0.323 e. The molecule has 1 rings (SSSR count). The molecule has 19 heavy (non-hydrogen) atoms. The predicted molar refractivity (Wildman–Crippen MR) is 75.4 cm³/mol. The van der Waals surface area contributed by atoms with Crippen LogP contribution in [0.2, 0.25) is 0 Å². The van der Waals surface area contributed by atoms with Crippen molar-refractivity contribution in [2.75, 3.05) is 26.7 Å². The maximum absolute atomic E-state index is 11.5. The number of aliphatic carboxylic acids is 1. The van der Waals surface area contributed by atoms with Gasteiger partial charge in [-0.1, -0.05) is 6.92 Å². The molecule has 0 aliphatic heterocycles. The molecule has 0 aromatic heterocycles. The Morgan fingerprint density at radius 1 is 1.58 bits per heavy atom. The van der Waals surface area contributed by atoms with Crippen LogP contribution in [0.25, 0.3) is 0 Å². The number of ether oxygens (including phenoxy) is 1. The summed E-state index contributed by atoms with van der Waals surface area (Å²) in [5.41, 5.74) is -0.730. The van der Waals surface area contributed by atoms with Crippen LogP contribution in [0, 0.1) is 0 Å². The molecule has 0 bridgehead atoms. The van der Waals surface area contributed by atoms with E-state index in [0.29, 0.717) is 32.0 Å². The number of carbonyl (C=O) groups is 1. The van der Waals surface area contributed by atoms with Crippen LogP contribution in [-0.2, 0) is 9.53 Å². The van der Waals surface area contributed by atoms with Gasteiger partial charge < -0.3 is 20.1 Å². The van der Waals surface area contributed by atoms with Gasteiger partial charge in [-0.05, 0) is 46.7 Å². The van der Waals surface area contributed by atoms with E-state index in [1.807, 2.05) is 20.8 Å². The van der Waals surface area contributed by atoms with Crippen LogP contribution in [-0.4, -0.2) is 60.4 Å². The first kappa shape index (κ1) is 16.4. The second-order valence-corrected chi connectivity index (χ2v) is 5.71. The van der Waals surface area contributed by atoms with Gasteiger partial charge in [-0.25, -0.2) is 0 Å². The van der Waals surface area contributed by atoms with E-state index in [4.69, 9.17) is 4.74 Å². The third kappa shape index (κ3) is 4.44. The minimum absolute atomic E-state index is 0.247. The lowest BCUT2D eigenvalue weighted by molar-refractivity contribution is -0.144. The minimum Gasteiger partial charge on any atom is -0.480 e. The molecule has 0 aromatic rings. The Kier molecular flexibility index (Phi) is 6.23. The summed E-state index contributed by atoms with van der Waals surface area (Å²) in [6, 6.07) is 0.325. The second kappa shape index (κ2) is 7.22. The van der Waals surface area contributed by atoms with Crippen molar-refractivity contribution in [1.82, 2.24) is 10.2 Å². The Morgan fingerprint density at radius 2 is 2.26 bits per heavy atom. The molecule has 1 aliphatic rings. The van der Waals surface area contributed by atoms with E-state index in [1.165, 1.54) is 0 Å². The fourth-order valence-electron chi connectivity index (χ4n) is 2.78. The zero-order valence-corrected chi connectivity index (χ0v) is 12.6. The van der Waals surface area contributed by atoms with Crippen molar-refractivity contribution >= 4 is 5.97 Å². The maximum Gasteiger partial charge on any atom is 0.323 e. The summed E-state index contributed by atoms with van der Waals surface area (Å²) in [5, 5.41) is 12.6. The van der Waals surface area contributed by atoms with Crippen molar-refractivity contribution in [3.05, 3.63) is 0 Å². The number of carboxylic acid groups (broad SMARTS) is 1. The zero-order valence-electron chi connectivity index (χ0n) is 12.6. The number of rotatable bonds is 8. The lowest BCUT2D eigenvalue weighted by Crippen LogP contribution is -2.51. The topological polar surface area (TPSA) is 61.8 Å². The normalized spacial score (nSPS) is 27.4. The molecular formula is C14H28N2O3. The molecule has 2 unspecified atom stereocenters. The number of hydrogen-bond acceptors (Lipinski definition) is 4. The summed E-state index contributed by atoms with van der Waals surface area (Å²) >= 11 is 0. The van der Waals surface area contributed by atoms with Crippen LogP contribution in [0.15, 0.2) is 0 Å². The molecule has 0 amide bonds. The van der Waals surface area contributed by atoms with Gasteiger partial charge in [-0.2, -0.15) is 0 Å². The molecule has 0 radical (unpaired) electrons. The Hall–Kier alpha value is -0.650. The molecule has 0 aromatic carbocycles. The number of nitrogens with one attached hydrogen (secondary N) is 1. The van der Waals surface area contributed by atoms with Gasteiger partial charge in [0.05, 0.1) is 12.7 Å². The number of nitrogens with zero attached hydrogens (tertiary/aromatic N) is 1. The highest BCUT2D eigenvalue weighted by atomic mass is 16.5. The lowest BCUT2D eigenvalue weighted by Gasteiger charge is -2.28. The van der Waals surface area contributed by atoms with Crippen molar-refractivity contribution in [1.29, 1.82) is 0 Å². The molecule has 1 fully saturated rings. The molecular weight excluding hydrogens is 244 g/mol. The van der Waals surface area contributed by atoms with Gasteiger partial charge in [0.1, 0.15) is 5.54 Å². The molecule has 0 saturated heterocycles. The highest BCUT2D eigenvalue weighted by molar-refractivity contribution is 5.79. The second-order valence-electron chi connectivity index (χ2n) is 5.71. The Labute approximate surface area is 116 Å². The Bertz CT molecular complexity index is 296. The molecule has 1 aliphatic carbocycles. The molecule has 112 valence electrons. The van der Waals surface area contributed by atoms with Crippen molar-refractivity contribution in [3.8, 4) is 0 Å². The highest BCUT2D eigenvalue weighted by Gasteiger charge is 2.45. The summed E-state index contributed by atoms with van der Waals surface area (Å²) in [7, 11) is 2.05. The van der Waals surface area contributed by atoms with Crippen molar-refractivity contribution in [2.45, 2.75) is 57.7 Å². The van der Waals surface area contributed by atoms with Crippen LogP contribution in [0.1, 0.15) is 40.0 Å². The fraction of sp³-hybridized carbons (Fsp3) is 0.929.